The van der Waals surface area contributed by atoms with Gasteiger partial charge in [0.1, 0.15) is 41.7 Å². The number of urea groups is 1. The Morgan fingerprint density at radius 3 is 1.35 bits per heavy atom. The first kappa shape index (κ1) is 71.4. The molecule has 0 saturated heterocycles. The van der Waals surface area contributed by atoms with Crippen LogP contribution in [-0.4, -0.2) is 77.9 Å². The number of hydrogen-bond donors (Lipinski definition) is 3. The Kier molecular flexibility index (Phi) is 30.5. The maximum absolute atomic E-state index is 14.5. The molecular weight excluding hydrogens is 1070 g/mol. The summed E-state index contributed by atoms with van der Waals surface area (Å²) in [6.07, 6.45) is 2.67. The molecule has 3 atom stereocenters. The van der Waals surface area contributed by atoms with E-state index in [1.54, 1.807) is 41.5 Å². The highest BCUT2D eigenvalue weighted by Gasteiger charge is 2.35. The summed E-state index contributed by atoms with van der Waals surface area (Å²) >= 11 is 0. The fraction of sp³-hybridized carbons (Fsp3) is 0.537. The summed E-state index contributed by atoms with van der Waals surface area (Å²) in [4.78, 5) is 95.0. The Balaban J connectivity index is 0.00000939. The SMILES string of the molecule is CC(C)(C)CC[C@H](NC(=O)N[C@@H](CCCCCC(=O)CCCCC[C@H](NC(=O)OCC1c2ccccc2-c2ccccc21)C(=O)Oc1c(F)c(F)c(F)c(F)c1F)C(=O)OC(C)(C)C)C(=O)OC(C)(C)C.O=C=O.S.S.S. The van der Waals surface area contributed by atoms with E-state index >= 15 is 0 Å². The number of ether oxygens (including phenoxy) is 4. The van der Waals surface area contributed by atoms with Gasteiger partial charge in [0.25, 0.3) is 0 Å². The largest absolute Gasteiger partial charge is 0.458 e. The Hall–Kier alpha value is -5.64. The lowest BCUT2D eigenvalue weighted by atomic mass is 9.88. The Labute approximate surface area is 467 Å². The molecule has 0 aliphatic heterocycles. The number of benzene rings is 3. The third-order valence-corrected chi connectivity index (χ3v) is 11.4. The van der Waals surface area contributed by atoms with Gasteiger partial charge in [0.2, 0.25) is 34.8 Å². The lowest BCUT2D eigenvalue weighted by Crippen LogP contribution is -2.53. The average molecular weight is 1150 g/mol. The van der Waals surface area contributed by atoms with E-state index in [-0.39, 0.29) is 102 Å². The minimum atomic E-state index is -2.44. The van der Waals surface area contributed by atoms with Crippen LogP contribution in [0, 0.1) is 34.5 Å². The number of Topliss-reactive ketones (excluding diaryl/α,β-unsaturated/α-hetero) is 1. The van der Waals surface area contributed by atoms with Gasteiger partial charge in [-0.05, 0) is 108 Å². The van der Waals surface area contributed by atoms with Gasteiger partial charge < -0.3 is 34.9 Å². The summed E-state index contributed by atoms with van der Waals surface area (Å²) < 4.78 is 92.0. The maximum Gasteiger partial charge on any atom is 0.407 e. The smallest absolute Gasteiger partial charge is 0.407 e. The van der Waals surface area contributed by atoms with Gasteiger partial charge in [-0.3, -0.25) is 4.79 Å². The van der Waals surface area contributed by atoms with Crippen molar-refractivity contribution in [3.63, 3.8) is 0 Å². The van der Waals surface area contributed by atoms with Crippen LogP contribution in [0.4, 0.5) is 31.5 Å². The lowest BCUT2D eigenvalue weighted by Gasteiger charge is -2.28. The van der Waals surface area contributed by atoms with Crippen molar-refractivity contribution in [3.8, 4) is 16.9 Å². The monoisotopic (exact) mass is 1150 g/mol. The molecule has 23 heteroatoms. The molecular formula is C54H74F5N3O12S3. The molecule has 0 spiro atoms. The van der Waals surface area contributed by atoms with E-state index < -0.39 is 94.2 Å². The molecule has 3 N–H and O–H groups in total. The van der Waals surface area contributed by atoms with Gasteiger partial charge in [-0.2, -0.15) is 58.9 Å². The molecule has 3 amide bonds. The molecule has 1 aliphatic rings. The normalized spacial score (nSPS) is 12.8. The van der Waals surface area contributed by atoms with Crippen molar-refractivity contribution in [3.05, 3.63) is 88.7 Å². The molecule has 0 radical (unpaired) electrons. The number of fused-ring (bicyclic) bond motifs is 3. The first-order chi connectivity index (χ1) is 34.6. The fourth-order valence-corrected chi connectivity index (χ4v) is 7.88. The van der Waals surface area contributed by atoms with E-state index in [2.05, 4.69) is 20.7 Å². The number of esters is 3. The zero-order chi connectivity index (χ0) is 55.6. The number of halogens is 5. The predicted molar refractivity (Wildman–Crippen MR) is 291 cm³/mol. The molecule has 0 aromatic heterocycles. The number of rotatable bonds is 23. The van der Waals surface area contributed by atoms with Gasteiger partial charge in [-0.25, -0.2) is 37.1 Å². The summed E-state index contributed by atoms with van der Waals surface area (Å²) in [5, 5.41) is 7.65. The van der Waals surface area contributed by atoms with Crippen molar-refractivity contribution in [2.24, 2.45) is 5.41 Å². The van der Waals surface area contributed by atoms with Gasteiger partial charge in [-0.15, -0.1) is 0 Å². The number of carbonyl (C=O) groups excluding carboxylic acids is 8. The third kappa shape index (κ3) is 23.9. The standard InChI is InChI=1S/C53H68F5N3O10.CO2.3H2S/c1-51(2,3)29-28-39(48(65)71-53(7,8)9)60-49(66)59-38(47(64)70-52(4,5)6)27-15-11-13-21-31(62)20-12-10-14-26-37(46(63)69-45-43(57)41(55)40(54)42(56)44(45)58)61-50(67)68-30-36-34-24-18-16-22-32(34)33-23-17-19-25-35(33)36;2-1-3;;;/h16-19,22-25,36-39H,10-15,20-21,26-30H2,1-9H3,(H,61,67)(H2,59,60,66);;3*1H2/t37-,38-,39-;;;;/m0..../s1. The zero-order valence-corrected chi connectivity index (χ0v) is 47.9. The minimum Gasteiger partial charge on any atom is -0.458 e. The number of alkyl carbamates (subject to hydrolysis) is 1. The van der Waals surface area contributed by atoms with Crippen LogP contribution in [0.15, 0.2) is 48.5 Å². The number of amides is 3. The molecule has 0 saturated carbocycles. The number of unbranched alkanes of at least 4 members (excludes halogenated alkanes) is 4. The summed E-state index contributed by atoms with van der Waals surface area (Å²) in [7, 11) is 0. The average Bonchev–Trinajstić information content (AvgIpc) is 3.63. The molecule has 3 aromatic rings. The molecule has 15 nitrogen and oxygen atoms in total. The highest BCUT2D eigenvalue weighted by atomic mass is 32.1. The molecule has 1 aliphatic carbocycles. The second-order valence-corrected chi connectivity index (χ2v) is 21.1. The van der Waals surface area contributed by atoms with Crippen LogP contribution < -0.4 is 20.7 Å². The van der Waals surface area contributed by atoms with Crippen molar-refractivity contribution in [1.29, 1.82) is 0 Å². The summed E-state index contributed by atoms with van der Waals surface area (Å²) in [6.45, 7) is 16.1. The van der Waals surface area contributed by atoms with Crippen LogP contribution in [-0.2, 0) is 43.0 Å². The molecule has 77 heavy (non-hydrogen) atoms. The first-order valence-corrected chi connectivity index (χ1v) is 24.5. The third-order valence-electron chi connectivity index (χ3n) is 11.4. The number of hydrogen-bond acceptors (Lipinski definition) is 12. The van der Waals surface area contributed by atoms with Crippen LogP contribution in [0.25, 0.3) is 11.1 Å². The fourth-order valence-electron chi connectivity index (χ4n) is 7.88. The van der Waals surface area contributed by atoms with E-state index in [1.165, 1.54) is 0 Å². The predicted octanol–water partition coefficient (Wildman–Crippen LogP) is 11.0. The molecule has 0 unspecified atom stereocenters. The molecule has 430 valence electrons. The Morgan fingerprint density at radius 1 is 0.545 bits per heavy atom. The summed E-state index contributed by atoms with van der Waals surface area (Å²) in [6, 6.07) is 10.7. The first-order valence-electron chi connectivity index (χ1n) is 24.5. The van der Waals surface area contributed by atoms with E-state index in [1.807, 2.05) is 69.3 Å². The number of nitrogens with one attached hydrogen (secondary N) is 3. The zero-order valence-electron chi connectivity index (χ0n) is 44.9. The van der Waals surface area contributed by atoms with Gasteiger partial charge in [0.15, 0.2) is 0 Å². The van der Waals surface area contributed by atoms with E-state index in [4.69, 9.17) is 23.8 Å². The van der Waals surface area contributed by atoms with Gasteiger partial charge in [-0.1, -0.05) is 95.0 Å². The second-order valence-electron chi connectivity index (χ2n) is 21.1. The van der Waals surface area contributed by atoms with Crippen molar-refractivity contribution < 1.29 is 79.3 Å². The van der Waals surface area contributed by atoms with Crippen LogP contribution >= 0.6 is 40.5 Å². The van der Waals surface area contributed by atoms with E-state index in [0.29, 0.717) is 44.9 Å². The summed E-state index contributed by atoms with van der Waals surface area (Å²) in [5.41, 5.74) is 1.95. The Bertz CT molecular complexity index is 2420. The van der Waals surface area contributed by atoms with Crippen molar-refractivity contribution >= 4 is 82.5 Å². The van der Waals surface area contributed by atoms with E-state index in [9.17, 15) is 50.7 Å². The van der Waals surface area contributed by atoms with E-state index in [0.717, 1.165) is 22.3 Å². The van der Waals surface area contributed by atoms with Gasteiger partial charge in [0.05, 0.1) is 0 Å². The number of ketones is 1. The maximum atomic E-state index is 14.5. The molecule has 0 bridgehead atoms. The minimum absolute atomic E-state index is 0. The van der Waals surface area contributed by atoms with Gasteiger partial charge in [0, 0.05) is 18.8 Å². The highest BCUT2D eigenvalue weighted by Crippen LogP contribution is 2.44. The van der Waals surface area contributed by atoms with Crippen molar-refractivity contribution in [2.75, 3.05) is 6.61 Å². The second kappa shape index (κ2) is 32.9. The van der Waals surface area contributed by atoms with Crippen molar-refractivity contribution in [2.45, 2.75) is 175 Å². The molecule has 4 rings (SSSR count). The molecule has 0 heterocycles. The molecule has 3 aromatic carbocycles. The summed E-state index contributed by atoms with van der Waals surface area (Å²) in [5.74, 6) is -16.8. The lowest BCUT2D eigenvalue weighted by molar-refractivity contribution is -0.192. The van der Waals surface area contributed by atoms with Gasteiger partial charge >= 0.3 is 36.2 Å². The topological polar surface area (TPSA) is 210 Å². The highest BCUT2D eigenvalue weighted by molar-refractivity contribution is 7.59. The number of carbonyl (C=O) groups is 6. The van der Waals surface area contributed by atoms with Crippen LogP contribution in [0.5, 0.6) is 5.75 Å². The van der Waals surface area contributed by atoms with Crippen LogP contribution in [0.3, 0.4) is 0 Å². The Morgan fingerprint density at radius 2 is 0.935 bits per heavy atom. The van der Waals surface area contributed by atoms with Crippen LogP contribution in [0.2, 0.25) is 0 Å². The van der Waals surface area contributed by atoms with Crippen molar-refractivity contribution in [1.82, 2.24) is 16.0 Å². The quantitative estimate of drug-likeness (QED) is 0.0154. The molecule has 0 fully saturated rings. The van der Waals surface area contributed by atoms with Crippen LogP contribution in [0.1, 0.15) is 156 Å².